The molecule has 0 amide bonds. The fraction of sp³-hybridized carbons (Fsp3) is 0.533. The summed E-state index contributed by atoms with van der Waals surface area (Å²) in [4.78, 5) is 12.5. The summed E-state index contributed by atoms with van der Waals surface area (Å²) in [5.41, 5.74) is 1.86. The van der Waals surface area contributed by atoms with E-state index >= 15 is 0 Å². The average molecular weight is 421 g/mol. The van der Waals surface area contributed by atoms with E-state index in [1.165, 1.54) is 10.6 Å². The number of hydrogen-bond donors (Lipinski definition) is 0. The molecule has 0 aromatic heterocycles. The van der Waals surface area contributed by atoms with Crippen LogP contribution in [0.5, 0.6) is 0 Å². The number of ketones is 1. The smallest absolute Gasteiger partial charge is 0.211 e. The van der Waals surface area contributed by atoms with Crippen LogP contribution in [0.1, 0.15) is 35.2 Å². The first-order valence-corrected chi connectivity index (χ1v) is 9.95. The second-order valence-electron chi connectivity index (χ2n) is 5.69. The second kappa shape index (κ2) is 6.75. The van der Waals surface area contributed by atoms with Crippen molar-refractivity contribution >= 4 is 38.4 Å². The van der Waals surface area contributed by atoms with Crippen LogP contribution in [0, 0.1) is 16.4 Å². The molecule has 1 saturated heterocycles. The third-order valence-corrected chi connectivity index (χ3v) is 6.62. The number of halogens is 1. The Hall–Kier alpha value is -0.470. The van der Waals surface area contributed by atoms with Gasteiger partial charge in [-0.2, -0.15) is 0 Å². The van der Waals surface area contributed by atoms with E-state index in [9.17, 15) is 13.2 Å². The van der Waals surface area contributed by atoms with Crippen molar-refractivity contribution in [2.24, 2.45) is 5.92 Å². The maximum Gasteiger partial charge on any atom is 0.211 e. The Labute approximate surface area is 140 Å². The number of carbonyl (C=O) groups is 1. The average Bonchev–Trinajstić information content (AvgIpc) is 2.41. The number of carbonyl (C=O) groups excluding carboxylic acids is 1. The van der Waals surface area contributed by atoms with E-state index in [1.54, 1.807) is 0 Å². The summed E-state index contributed by atoms with van der Waals surface area (Å²) in [6.45, 7) is 3.03. The number of rotatable bonds is 4. The topological polar surface area (TPSA) is 54.5 Å². The van der Waals surface area contributed by atoms with E-state index in [-0.39, 0.29) is 11.7 Å². The third kappa shape index (κ3) is 4.26. The van der Waals surface area contributed by atoms with Crippen LogP contribution in [-0.2, 0) is 10.0 Å². The summed E-state index contributed by atoms with van der Waals surface area (Å²) in [6.07, 6.45) is 3.41. The lowest BCUT2D eigenvalue weighted by Gasteiger charge is -2.30. The minimum atomic E-state index is -3.15. The van der Waals surface area contributed by atoms with Crippen LogP contribution in [0.15, 0.2) is 18.2 Å². The predicted molar refractivity (Wildman–Crippen MR) is 92.0 cm³/mol. The van der Waals surface area contributed by atoms with Crippen LogP contribution in [-0.4, -0.2) is 37.9 Å². The van der Waals surface area contributed by atoms with Crippen LogP contribution in [0.3, 0.4) is 0 Å². The Morgan fingerprint density at radius 2 is 2.14 bits per heavy atom. The Kier molecular flexibility index (Phi) is 5.43. The third-order valence-electron chi connectivity index (χ3n) is 3.92. The highest BCUT2D eigenvalue weighted by molar-refractivity contribution is 14.1. The number of aryl methyl sites for hydroxylation is 1. The van der Waals surface area contributed by atoms with Crippen LogP contribution >= 0.6 is 22.6 Å². The molecule has 0 N–H and O–H groups in total. The fourth-order valence-corrected chi connectivity index (χ4v) is 4.33. The molecule has 1 aliphatic rings. The maximum absolute atomic E-state index is 12.5. The quantitative estimate of drug-likeness (QED) is 0.555. The van der Waals surface area contributed by atoms with Crippen molar-refractivity contribution in [1.82, 2.24) is 4.31 Å². The highest BCUT2D eigenvalue weighted by Gasteiger charge is 2.27. The van der Waals surface area contributed by atoms with Gasteiger partial charge in [-0.3, -0.25) is 4.79 Å². The second-order valence-corrected chi connectivity index (χ2v) is 8.75. The van der Waals surface area contributed by atoms with Crippen LogP contribution in [0.2, 0.25) is 0 Å². The molecule has 21 heavy (non-hydrogen) atoms. The van der Waals surface area contributed by atoms with Crippen molar-refractivity contribution in [3.8, 4) is 0 Å². The van der Waals surface area contributed by atoms with E-state index in [4.69, 9.17) is 0 Å². The zero-order valence-corrected chi connectivity index (χ0v) is 15.3. The summed E-state index contributed by atoms with van der Waals surface area (Å²) < 4.78 is 25.7. The summed E-state index contributed by atoms with van der Waals surface area (Å²) in [5.74, 6) is 0.237. The number of hydrogen-bond acceptors (Lipinski definition) is 3. The van der Waals surface area contributed by atoms with Crippen molar-refractivity contribution < 1.29 is 13.2 Å². The summed E-state index contributed by atoms with van der Waals surface area (Å²) >= 11 is 2.20. The van der Waals surface area contributed by atoms with Gasteiger partial charge in [0.1, 0.15) is 0 Å². The zero-order chi connectivity index (χ0) is 15.6. The van der Waals surface area contributed by atoms with Gasteiger partial charge < -0.3 is 0 Å². The van der Waals surface area contributed by atoms with Gasteiger partial charge in [0.2, 0.25) is 10.0 Å². The molecule has 0 radical (unpaired) electrons. The van der Waals surface area contributed by atoms with Crippen molar-refractivity contribution in [3.63, 3.8) is 0 Å². The van der Waals surface area contributed by atoms with Gasteiger partial charge in [-0.1, -0.05) is 18.2 Å². The molecule has 1 heterocycles. The molecule has 116 valence electrons. The molecule has 0 bridgehead atoms. The Bertz CT molecular complexity index is 642. The highest BCUT2D eigenvalue weighted by atomic mass is 127. The lowest BCUT2D eigenvalue weighted by atomic mass is 9.91. The van der Waals surface area contributed by atoms with Gasteiger partial charge >= 0.3 is 0 Å². The van der Waals surface area contributed by atoms with Crippen molar-refractivity contribution in [2.75, 3.05) is 19.3 Å². The minimum absolute atomic E-state index is 0.114. The monoisotopic (exact) mass is 421 g/mol. The maximum atomic E-state index is 12.5. The standard InChI is InChI=1S/C15H20INO3S/c1-11-5-3-7-13(15(11)16)14(18)9-12-6-4-8-17(10-12)21(2,19)20/h3,5,7,12H,4,6,8-10H2,1-2H3. The summed E-state index contributed by atoms with van der Waals surface area (Å²) in [5, 5.41) is 0. The molecule has 0 saturated carbocycles. The first-order valence-electron chi connectivity index (χ1n) is 7.02. The predicted octanol–water partition coefficient (Wildman–Crippen LogP) is 2.84. The number of Topliss-reactive ketones (excluding diaryl/α,β-unsaturated/α-hetero) is 1. The normalized spacial score (nSPS) is 20.4. The molecule has 2 rings (SSSR count). The van der Waals surface area contributed by atoms with Crippen molar-refractivity contribution in [1.29, 1.82) is 0 Å². The summed E-state index contributed by atoms with van der Waals surface area (Å²) in [6, 6.07) is 5.74. The van der Waals surface area contributed by atoms with Gasteiger partial charge in [0.15, 0.2) is 5.78 Å². The van der Waals surface area contributed by atoms with Gasteiger partial charge in [0, 0.05) is 28.6 Å². The van der Waals surface area contributed by atoms with Crippen LogP contribution in [0.4, 0.5) is 0 Å². The van der Waals surface area contributed by atoms with Crippen molar-refractivity contribution in [3.05, 3.63) is 32.9 Å². The molecule has 1 fully saturated rings. The number of piperidine rings is 1. The van der Waals surface area contributed by atoms with Crippen molar-refractivity contribution in [2.45, 2.75) is 26.2 Å². The van der Waals surface area contributed by atoms with E-state index in [0.717, 1.165) is 27.5 Å². The van der Waals surface area contributed by atoms with E-state index < -0.39 is 10.0 Å². The van der Waals surface area contributed by atoms with Gasteiger partial charge in [-0.25, -0.2) is 12.7 Å². The molecular weight excluding hydrogens is 401 g/mol. The van der Waals surface area contributed by atoms with Gasteiger partial charge in [0.25, 0.3) is 0 Å². The molecule has 1 unspecified atom stereocenters. The Balaban J connectivity index is 2.08. The van der Waals surface area contributed by atoms with E-state index in [0.29, 0.717) is 19.5 Å². The molecule has 1 aromatic rings. The van der Waals surface area contributed by atoms with Gasteiger partial charge in [-0.15, -0.1) is 0 Å². The van der Waals surface area contributed by atoms with Gasteiger partial charge in [-0.05, 0) is 53.8 Å². The number of sulfonamides is 1. The zero-order valence-electron chi connectivity index (χ0n) is 12.3. The molecule has 0 spiro atoms. The molecule has 0 aliphatic carbocycles. The molecule has 4 nitrogen and oxygen atoms in total. The lowest BCUT2D eigenvalue weighted by Crippen LogP contribution is -2.39. The number of nitrogens with zero attached hydrogens (tertiary/aromatic N) is 1. The molecule has 1 aromatic carbocycles. The van der Waals surface area contributed by atoms with E-state index in [2.05, 4.69) is 22.6 Å². The van der Waals surface area contributed by atoms with Gasteiger partial charge in [0.05, 0.1) is 6.26 Å². The summed E-state index contributed by atoms with van der Waals surface area (Å²) in [7, 11) is -3.15. The first kappa shape index (κ1) is 16.9. The molecule has 1 atom stereocenters. The minimum Gasteiger partial charge on any atom is -0.294 e. The van der Waals surface area contributed by atoms with Crippen LogP contribution in [0.25, 0.3) is 0 Å². The first-order chi connectivity index (χ1) is 9.79. The molecule has 6 heteroatoms. The molecule has 1 aliphatic heterocycles. The lowest BCUT2D eigenvalue weighted by molar-refractivity contribution is 0.0941. The van der Waals surface area contributed by atoms with E-state index in [1.807, 2.05) is 25.1 Å². The largest absolute Gasteiger partial charge is 0.294 e. The SMILES string of the molecule is Cc1cccc(C(=O)CC2CCCN(S(C)(=O)=O)C2)c1I. The van der Waals surface area contributed by atoms with Crippen LogP contribution < -0.4 is 0 Å². The fourth-order valence-electron chi connectivity index (χ4n) is 2.73. The Morgan fingerprint density at radius 1 is 1.43 bits per heavy atom. The number of benzene rings is 1. The molecular formula is C15H20INO3S. The Morgan fingerprint density at radius 3 is 2.81 bits per heavy atom. The highest BCUT2D eigenvalue weighted by Crippen LogP contribution is 2.25.